The molecule has 1 aromatic carbocycles. The van der Waals surface area contributed by atoms with Crippen molar-refractivity contribution in [3.63, 3.8) is 0 Å². The van der Waals surface area contributed by atoms with E-state index in [9.17, 15) is 9.59 Å². The monoisotopic (exact) mass is 360 g/mol. The van der Waals surface area contributed by atoms with Crippen LogP contribution < -0.4 is 5.32 Å². The summed E-state index contributed by atoms with van der Waals surface area (Å²) in [6, 6.07) is 9.96. The Kier molecular flexibility index (Phi) is 8.62. The number of likely N-dealkylation sites (tertiary alicyclic amines) is 1. The number of carbonyl (C=O) groups excluding carboxylic acids is 2. The Bertz CT molecular complexity index is 552. The lowest BCUT2D eigenvalue weighted by molar-refractivity contribution is -0.136. The average Bonchev–Trinajstić information content (AvgIpc) is 2.65. The molecule has 0 radical (unpaired) electrons. The van der Waals surface area contributed by atoms with Crippen molar-refractivity contribution in [2.24, 2.45) is 11.8 Å². The van der Waals surface area contributed by atoms with E-state index in [0.29, 0.717) is 38.6 Å². The lowest BCUT2D eigenvalue weighted by atomic mass is 9.95. The molecule has 1 N–H and O–H groups in total. The Hall–Kier alpha value is -1.88. The maximum atomic E-state index is 12.3. The van der Waals surface area contributed by atoms with Gasteiger partial charge >= 0.3 is 0 Å². The minimum Gasteiger partial charge on any atom is -0.376 e. The van der Waals surface area contributed by atoms with Crippen molar-refractivity contribution >= 4 is 11.8 Å². The Morgan fingerprint density at radius 1 is 1.19 bits per heavy atom. The van der Waals surface area contributed by atoms with Crippen LogP contribution in [0.3, 0.4) is 0 Å². The summed E-state index contributed by atoms with van der Waals surface area (Å²) in [6.07, 6.45) is 2.92. The van der Waals surface area contributed by atoms with Crippen LogP contribution >= 0.6 is 0 Å². The van der Waals surface area contributed by atoms with Gasteiger partial charge in [0.15, 0.2) is 0 Å². The van der Waals surface area contributed by atoms with Crippen LogP contribution in [0.15, 0.2) is 30.3 Å². The van der Waals surface area contributed by atoms with Gasteiger partial charge in [-0.15, -0.1) is 0 Å². The predicted molar refractivity (Wildman–Crippen MR) is 102 cm³/mol. The SMILES string of the molecule is CC(C)CCNC(=O)C1CCN(C(=O)CCOCc2ccccc2)CC1. The summed E-state index contributed by atoms with van der Waals surface area (Å²) in [5, 5.41) is 3.02. The molecule has 144 valence electrons. The van der Waals surface area contributed by atoms with Gasteiger partial charge in [0, 0.05) is 25.6 Å². The minimum absolute atomic E-state index is 0.0422. The van der Waals surface area contributed by atoms with Gasteiger partial charge in [-0.05, 0) is 30.7 Å². The Morgan fingerprint density at radius 3 is 2.54 bits per heavy atom. The van der Waals surface area contributed by atoms with Crippen molar-refractivity contribution in [1.29, 1.82) is 0 Å². The van der Waals surface area contributed by atoms with Crippen LogP contribution in [0, 0.1) is 11.8 Å². The standard InChI is InChI=1S/C21H32N2O3/c1-17(2)8-12-22-21(25)19-9-13-23(14-10-19)20(24)11-15-26-16-18-6-4-3-5-7-18/h3-7,17,19H,8-16H2,1-2H3,(H,22,25). The Balaban J connectivity index is 1.59. The molecule has 5 nitrogen and oxygen atoms in total. The van der Waals surface area contributed by atoms with Crippen LogP contribution in [0.25, 0.3) is 0 Å². The first-order valence-corrected chi connectivity index (χ1v) is 9.73. The Morgan fingerprint density at radius 2 is 1.88 bits per heavy atom. The van der Waals surface area contributed by atoms with Gasteiger partial charge in [-0.1, -0.05) is 44.2 Å². The van der Waals surface area contributed by atoms with Crippen molar-refractivity contribution in [3.8, 4) is 0 Å². The zero-order valence-electron chi connectivity index (χ0n) is 16.1. The molecule has 5 heteroatoms. The number of amides is 2. The first-order valence-electron chi connectivity index (χ1n) is 9.73. The van der Waals surface area contributed by atoms with Gasteiger partial charge in [-0.25, -0.2) is 0 Å². The highest BCUT2D eigenvalue weighted by atomic mass is 16.5. The maximum absolute atomic E-state index is 12.3. The molecule has 1 aliphatic rings. The molecule has 0 bridgehead atoms. The van der Waals surface area contributed by atoms with Gasteiger partial charge in [0.25, 0.3) is 0 Å². The number of hydrogen-bond acceptors (Lipinski definition) is 3. The van der Waals surface area contributed by atoms with Crippen molar-refractivity contribution in [3.05, 3.63) is 35.9 Å². The van der Waals surface area contributed by atoms with Gasteiger partial charge in [0.1, 0.15) is 0 Å². The second-order valence-corrected chi connectivity index (χ2v) is 7.42. The average molecular weight is 360 g/mol. The van der Waals surface area contributed by atoms with E-state index in [-0.39, 0.29) is 17.7 Å². The third-order valence-corrected chi connectivity index (χ3v) is 4.81. The van der Waals surface area contributed by atoms with E-state index >= 15 is 0 Å². The molecule has 1 heterocycles. The van der Waals surface area contributed by atoms with Gasteiger partial charge in [0.2, 0.25) is 11.8 Å². The summed E-state index contributed by atoms with van der Waals surface area (Å²) < 4.78 is 5.59. The third-order valence-electron chi connectivity index (χ3n) is 4.81. The first-order chi connectivity index (χ1) is 12.6. The molecular formula is C21H32N2O3. The zero-order valence-corrected chi connectivity index (χ0v) is 16.1. The van der Waals surface area contributed by atoms with Crippen LogP contribution in [-0.4, -0.2) is 43.0 Å². The second kappa shape index (κ2) is 11.0. The number of benzene rings is 1. The topological polar surface area (TPSA) is 58.6 Å². The molecule has 0 atom stereocenters. The zero-order chi connectivity index (χ0) is 18.8. The van der Waals surface area contributed by atoms with Crippen molar-refractivity contribution in [2.45, 2.75) is 46.1 Å². The highest BCUT2D eigenvalue weighted by molar-refractivity contribution is 5.80. The Labute approximate surface area is 157 Å². The molecule has 1 saturated heterocycles. The van der Waals surface area contributed by atoms with Crippen LogP contribution in [-0.2, 0) is 20.9 Å². The van der Waals surface area contributed by atoms with Crippen LogP contribution in [0.2, 0.25) is 0 Å². The fourth-order valence-corrected chi connectivity index (χ4v) is 3.10. The molecule has 2 rings (SSSR count). The normalized spacial score (nSPS) is 15.3. The smallest absolute Gasteiger partial charge is 0.224 e. The van der Waals surface area contributed by atoms with Gasteiger partial charge in [0.05, 0.1) is 19.6 Å². The van der Waals surface area contributed by atoms with Crippen molar-refractivity contribution in [1.82, 2.24) is 10.2 Å². The van der Waals surface area contributed by atoms with Gasteiger partial charge < -0.3 is 15.0 Å². The molecular weight excluding hydrogens is 328 g/mol. The lowest BCUT2D eigenvalue weighted by Crippen LogP contribution is -2.43. The molecule has 1 aliphatic heterocycles. The predicted octanol–water partition coefficient (Wildman–Crippen LogP) is 2.99. The summed E-state index contributed by atoms with van der Waals surface area (Å²) in [5.41, 5.74) is 1.12. The van der Waals surface area contributed by atoms with E-state index in [1.807, 2.05) is 35.2 Å². The first kappa shape index (κ1) is 20.4. The van der Waals surface area contributed by atoms with E-state index in [4.69, 9.17) is 4.74 Å². The molecule has 0 unspecified atom stereocenters. The minimum atomic E-state index is 0.0422. The second-order valence-electron chi connectivity index (χ2n) is 7.42. The summed E-state index contributed by atoms with van der Waals surface area (Å²) in [5.74, 6) is 0.903. The van der Waals surface area contributed by atoms with Crippen molar-refractivity contribution < 1.29 is 14.3 Å². The molecule has 26 heavy (non-hydrogen) atoms. The highest BCUT2D eigenvalue weighted by Gasteiger charge is 2.26. The molecule has 2 amide bonds. The maximum Gasteiger partial charge on any atom is 0.224 e. The molecule has 0 spiro atoms. The van der Waals surface area contributed by atoms with E-state index < -0.39 is 0 Å². The molecule has 1 fully saturated rings. The number of piperidine rings is 1. The summed E-state index contributed by atoms with van der Waals surface area (Å²) >= 11 is 0. The van der Waals surface area contributed by atoms with E-state index in [0.717, 1.165) is 31.4 Å². The number of rotatable bonds is 9. The fourth-order valence-electron chi connectivity index (χ4n) is 3.10. The summed E-state index contributed by atoms with van der Waals surface area (Å²) in [4.78, 5) is 26.3. The molecule has 0 saturated carbocycles. The molecule has 0 aliphatic carbocycles. The van der Waals surface area contributed by atoms with Crippen LogP contribution in [0.5, 0.6) is 0 Å². The number of carbonyl (C=O) groups is 2. The van der Waals surface area contributed by atoms with E-state index in [2.05, 4.69) is 19.2 Å². The summed E-state index contributed by atoms with van der Waals surface area (Å²) in [7, 11) is 0. The van der Waals surface area contributed by atoms with Crippen molar-refractivity contribution in [2.75, 3.05) is 26.2 Å². The van der Waals surface area contributed by atoms with Gasteiger partial charge in [-0.3, -0.25) is 9.59 Å². The van der Waals surface area contributed by atoms with E-state index in [1.165, 1.54) is 0 Å². The van der Waals surface area contributed by atoms with E-state index in [1.54, 1.807) is 0 Å². The highest BCUT2D eigenvalue weighted by Crippen LogP contribution is 2.18. The lowest BCUT2D eigenvalue weighted by Gasteiger charge is -2.31. The quantitative estimate of drug-likeness (QED) is 0.689. The molecule has 0 aromatic heterocycles. The fraction of sp³-hybridized carbons (Fsp3) is 0.619. The van der Waals surface area contributed by atoms with Crippen LogP contribution in [0.4, 0.5) is 0 Å². The molecule has 1 aromatic rings. The third kappa shape index (κ3) is 7.16. The van der Waals surface area contributed by atoms with Crippen LogP contribution in [0.1, 0.15) is 45.1 Å². The number of hydrogen-bond donors (Lipinski definition) is 1. The number of nitrogens with one attached hydrogen (secondary N) is 1. The number of ether oxygens (including phenoxy) is 1. The number of nitrogens with zero attached hydrogens (tertiary/aromatic N) is 1. The largest absolute Gasteiger partial charge is 0.376 e. The van der Waals surface area contributed by atoms with Gasteiger partial charge in [-0.2, -0.15) is 0 Å². The summed E-state index contributed by atoms with van der Waals surface area (Å²) in [6.45, 7) is 7.35.